The Morgan fingerprint density at radius 3 is 2.33 bits per heavy atom. The molecular formula is C25H25N3O9S2. The van der Waals surface area contributed by atoms with E-state index in [4.69, 9.17) is 14.2 Å². The van der Waals surface area contributed by atoms with E-state index in [0.29, 0.717) is 11.3 Å². The molecule has 2 aromatic carbocycles. The number of ether oxygens (including phenoxy) is 1. The van der Waals surface area contributed by atoms with Gasteiger partial charge in [-0.25, -0.2) is 4.79 Å². The predicted octanol–water partition coefficient (Wildman–Crippen LogP) is 2.77. The second-order valence-electron chi connectivity index (χ2n) is 8.47. The Hall–Kier alpha value is -3.93. The molecule has 1 fully saturated rings. The minimum atomic E-state index is -4.23. The number of β-lactam (4-membered cyclic amide) rings is 1. The number of carbonyl (C=O) groups is 2. The van der Waals surface area contributed by atoms with Crippen LogP contribution < -0.4 is 0 Å². The van der Waals surface area contributed by atoms with Gasteiger partial charge in [-0.2, -0.15) is 13.7 Å². The number of nitrogens with zero attached hydrogens (tertiary/aromatic N) is 3. The maximum atomic E-state index is 13.5. The van der Waals surface area contributed by atoms with E-state index in [1.807, 2.05) is 13.0 Å². The molecule has 12 nitrogen and oxygen atoms in total. The number of hydrogen-bond donors (Lipinski definition) is 1. The first-order chi connectivity index (χ1) is 18.4. The largest absolute Gasteiger partial charge is 0.456 e. The van der Waals surface area contributed by atoms with E-state index in [1.165, 1.54) is 67.2 Å². The van der Waals surface area contributed by atoms with Crippen LogP contribution in [0.15, 0.2) is 54.2 Å². The third-order valence-corrected chi connectivity index (χ3v) is 7.27. The van der Waals surface area contributed by atoms with Crippen LogP contribution in [0.25, 0.3) is 5.76 Å². The van der Waals surface area contributed by atoms with Gasteiger partial charge in [-0.1, -0.05) is 6.92 Å². The molecule has 0 aromatic heterocycles. The van der Waals surface area contributed by atoms with Crippen molar-refractivity contribution in [1.82, 2.24) is 4.90 Å². The number of aliphatic hydroxyl groups is 1. The number of non-ortho nitro benzene ring substituents is 1. The van der Waals surface area contributed by atoms with E-state index in [2.05, 4.69) is 0 Å². The predicted molar refractivity (Wildman–Crippen MR) is 141 cm³/mol. The number of carbonyl (C=O) groups excluding carboxylic acids is 2. The fourth-order valence-corrected chi connectivity index (χ4v) is 5.55. The number of likely N-dealkylation sites (tertiary alicyclic amines) is 1. The fraction of sp³-hybridized carbons (Fsp3) is 0.320. The maximum Gasteiger partial charge on any atom is 0.359 e. The number of esters is 1. The first kappa shape index (κ1) is 29.6. The minimum Gasteiger partial charge on any atom is -0.456 e. The molecule has 1 saturated heterocycles. The van der Waals surface area contributed by atoms with Crippen LogP contribution in [0.1, 0.15) is 30.5 Å². The first-order valence-electron chi connectivity index (χ1n) is 11.5. The number of nitro groups is 1. The molecule has 1 amide bonds. The van der Waals surface area contributed by atoms with E-state index < -0.39 is 55.8 Å². The lowest BCUT2D eigenvalue weighted by molar-refractivity contribution is -0.384. The van der Waals surface area contributed by atoms with E-state index in [9.17, 15) is 33.2 Å². The minimum absolute atomic E-state index is 0.0789. The zero-order chi connectivity index (χ0) is 28.9. The van der Waals surface area contributed by atoms with Crippen LogP contribution >= 0.6 is 11.8 Å². The zero-order valence-corrected chi connectivity index (χ0v) is 22.8. The first-order valence-corrected chi connectivity index (χ1v) is 14.4. The van der Waals surface area contributed by atoms with E-state index in [0.717, 1.165) is 11.2 Å². The Morgan fingerprint density at radius 1 is 1.23 bits per heavy atom. The average Bonchev–Trinajstić information content (AvgIpc) is 2.88. The van der Waals surface area contributed by atoms with Crippen molar-refractivity contribution in [2.24, 2.45) is 5.92 Å². The molecule has 206 valence electrons. The van der Waals surface area contributed by atoms with Crippen LogP contribution in [0.5, 0.6) is 0 Å². The monoisotopic (exact) mass is 575 g/mol. The van der Waals surface area contributed by atoms with Crippen LogP contribution in [0.4, 0.5) is 5.69 Å². The van der Waals surface area contributed by atoms with Gasteiger partial charge < -0.3 is 14.0 Å². The third-order valence-electron chi connectivity index (χ3n) is 5.62. The quantitative estimate of drug-likeness (QED) is 0.0792. The molecule has 0 saturated carbocycles. The van der Waals surface area contributed by atoms with Gasteiger partial charge in [0.25, 0.3) is 5.69 Å². The summed E-state index contributed by atoms with van der Waals surface area (Å²) in [6, 6.07) is 12.7. The van der Waals surface area contributed by atoms with E-state index >= 15 is 0 Å². The van der Waals surface area contributed by atoms with Gasteiger partial charge in [0.1, 0.15) is 6.61 Å². The highest BCUT2D eigenvalue weighted by Crippen LogP contribution is 2.42. The molecule has 14 heteroatoms. The number of nitro benzene ring substituents is 1. The number of thioether (sulfide) groups is 1. The molecule has 0 aliphatic carbocycles. The lowest BCUT2D eigenvalue weighted by Crippen LogP contribution is -2.63. The number of amides is 1. The topological polar surface area (TPSA) is 177 Å². The SMILES string of the molecule is CCS[C@@H]1[C@@H]([C@@H](C)O)C(=O)N1C(C(=O)OCc1ccc([N+](=O)[O-])cc1)=C(OS(C)(=O)=O)c1ccc(C#N)cc1. The molecule has 2 aromatic rings. The molecule has 0 radical (unpaired) electrons. The van der Waals surface area contributed by atoms with Crippen LogP contribution in [-0.2, 0) is 35.2 Å². The summed E-state index contributed by atoms with van der Waals surface area (Å²) in [6.45, 7) is 2.90. The van der Waals surface area contributed by atoms with Crippen molar-refractivity contribution in [3.05, 3.63) is 81.0 Å². The second-order valence-corrected chi connectivity index (χ2v) is 11.4. The number of hydrogen-bond acceptors (Lipinski definition) is 11. The van der Waals surface area contributed by atoms with Gasteiger partial charge in [-0.3, -0.25) is 19.8 Å². The highest BCUT2D eigenvalue weighted by molar-refractivity contribution is 8.00. The zero-order valence-electron chi connectivity index (χ0n) is 21.1. The lowest BCUT2D eigenvalue weighted by Gasteiger charge is -2.48. The van der Waals surface area contributed by atoms with Crippen LogP contribution in [0.3, 0.4) is 0 Å². The van der Waals surface area contributed by atoms with E-state index in [1.54, 1.807) is 0 Å². The smallest absolute Gasteiger partial charge is 0.359 e. The molecule has 0 spiro atoms. The average molecular weight is 576 g/mol. The Labute approximate surface area is 229 Å². The van der Waals surface area contributed by atoms with Crippen molar-refractivity contribution in [2.75, 3.05) is 12.0 Å². The Morgan fingerprint density at radius 2 is 1.85 bits per heavy atom. The highest BCUT2D eigenvalue weighted by Gasteiger charge is 2.54. The Balaban J connectivity index is 2.13. The molecule has 1 N–H and O–H groups in total. The molecule has 1 aliphatic heterocycles. The summed E-state index contributed by atoms with van der Waals surface area (Å²) >= 11 is 1.26. The molecular weight excluding hydrogens is 550 g/mol. The van der Waals surface area contributed by atoms with E-state index in [-0.39, 0.29) is 23.4 Å². The summed E-state index contributed by atoms with van der Waals surface area (Å²) in [4.78, 5) is 38.1. The summed E-state index contributed by atoms with van der Waals surface area (Å²) < 4.78 is 35.2. The maximum absolute atomic E-state index is 13.5. The molecule has 0 unspecified atom stereocenters. The van der Waals surface area contributed by atoms with Gasteiger partial charge in [0, 0.05) is 17.7 Å². The summed E-state index contributed by atoms with van der Waals surface area (Å²) in [5.41, 5.74) is 0.0714. The van der Waals surface area contributed by atoms with Gasteiger partial charge in [0.05, 0.1) is 40.2 Å². The normalized spacial score (nSPS) is 18.3. The molecule has 39 heavy (non-hydrogen) atoms. The highest BCUT2D eigenvalue weighted by atomic mass is 32.2. The van der Waals surface area contributed by atoms with Crippen molar-refractivity contribution < 1.29 is 37.0 Å². The molecule has 1 aliphatic rings. The number of benzene rings is 2. The summed E-state index contributed by atoms with van der Waals surface area (Å²) in [7, 11) is -4.23. The number of nitriles is 1. The summed E-state index contributed by atoms with van der Waals surface area (Å²) in [5, 5.41) is 29.5. The van der Waals surface area contributed by atoms with Crippen molar-refractivity contribution in [3.8, 4) is 6.07 Å². The van der Waals surface area contributed by atoms with Gasteiger partial charge >= 0.3 is 16.1 Å². The van der Waals surface area contributed by atoms with Crippen molar-refractivity contribution >= 4 is 45.2 Å². The van der Waals surface area contributed by atoms with Crippen LogP contribution in [0.2, 0.25) is 0 Å². The van der Waals surface area contributed by atoms with Crippen molar-refractivity contribution in [2.45, 2.75) is 31.9 Å². The standard InChI is InChI=1S/C25H25N3O9S2/c1-4-38-24-20(15(2)29)23(30)27(24)21(25(31)36-14-17-7-11-19(12-8-17)28(32)33)22(37-39(3,34)35)18-9-5-16(13-26)6-10-18/h5-12,15,20,24,29H,4,14H2,1-3H3/t15-,20+,24-/m1/s1. The molecule has 1 heterocycles. The van der Waals surface area contributed by atoms with Crippen molar-refractivity contribution in [3.63, 3.8) is 0 Å². The van der Waals surface area contributed by atoms with Crippen LogP contribution in [0, 0.1) is 27.4 Å². The fourth-order valence-electron chi connectivity index (χ4n) is 3.82. The molecule has 3 atom stereocenters. The Bertz CT molecular complexity index is 1430. The van der Waals surface area contributed by atoms with Crippen LogP contribution in [-0.4, -0.2) is 58.7 Å². The molecule has 3 rings (SSSR count). The molecule has 0 bridgehead atoms. The lowest BCUT2D eigenvalue weighted by atomic mass is 9.91. The second kappa shape index (κ2) is 12.3. The third kappa shape index (κ3) is 6.94. The number of rotatable bonds is 11. The summed E-state index contributed by atoms with van der Waals surface area (Å²) in [5.74, 6) is -2.60. The van der Waals surface area contributed by atoms with Gasteiger partial charge in [-0.05, 0) is 54.6 Å². The van der Waals surface area contributed by atoms with Gasteiger partial charge in [-0.15, -0.1) is 11.8 Å². The summed E-state index contributed by atoms with van der Waals surface area (Å²) in [6.07, 6.45) is -0.282. The van der Waals surface area contributed by atoms with Crippen molar-refractivity contribution in [1.29, 1.82) is 5.26 Å². The Kier molecular flexibility index (Phi) is 9.33. The number of aliphatic hydroxyl groups excluding tert-OH is 1. The van der Waals surface area contributed by atoms with Gasteiger partial charge in [0.15, 0.2) is 11.5 Å². The van der Waals surface area contributed by atoms with Gasteiger partial charge in [0.2, 0.25) is 5.91 Å².